The number of piperidine rings is 1. The second-order valence-electron chi connectivity index (χ2n) is 8.85. The number of nitrogens with zero attached hydrogens (tertiary/aromatic N) is 1. The van der Waals surface area contributed by atoms with E-state index < -0.39 is 22.0 Å². The molecule has 2 aliphatic heterocycles. The number of rotatable bonds is 7. The third-order valence-corrected chi connectivity index (χ3v) is 8.40. The van der Waals surface area contributed by atoms with Crippen LogP contribution in [0.1, 0.15) is 37.3 Å². The molecule has 0 bridgehead atoms. The largest absolute Gasteiger partial charge is 0.478 e. The molecule has 2 aromatic rings. The first-order valence-electron chi connectivity index (χ1n) is 11.7. The number of anilines is 1. The third kappa shape index (κ3) is 5.10. The zero-order valence-electron chi connectivity index (χ0n) is 19.5. The van der Waals surface area contributed by atoms with Crippen LogP contribution in [0, 0.1) is 12.8 Å². The fraction of sp³-hybridized carbons (Fsp3) is 0.440. The van der Waals surface area contributed by atoms with Crippen molar-refractivity contribution < 1.29 is 22.7 Å². The van der Waals surface area contributed by atoms with Gasteiger partial charge in [-0.1, -0.05) is 37.3 Å². The Hall–Kier alpha value is -2.91. The highest BCUT2D eigenvalue weighted by atomic mass is 32.2. The molecule has 0 unspecified atom stereocenters. The molecule has 2 aromatic carbocycles. The van der Waals surface area contributed by atoms with Gasteiger partial charge in [0.05, 0.1) is 16.5 Å². The maximum Gasteiger partial charge on any atom is 0.265 e. The fourth-order valence-electron chi connectivity index (χ4n) is 4.46. The summed E-state index contributed by atoms with van der Waals surface area (Å²) in [6, 6.07) is 13.0. The molecule has 0 saturated carbocycles. The van der Waals surface area contributed by atoms with Gasteiger partial charge in [0.2, 0.25) is 15.9 Å². The molecule has 0 aromatic heterocycles. The molecule has 34 heavy (non-hydrogen) atoms. The quantitative estimate of drug-likeness (QED) is 0.628. The lowest BCUT2D eigenvalue weighted by molar-refractivity contribution is -0.126. The topological polar surface area (TPSA) is 105 Å². The summed E-state index contributed by atoms with van der Waals surface area (Å²) in [6.07, 6.45) is 1.83. The lowest BCUT2D eigenvalue weighted by Crippen LogP contribution is -2.45. The van der Waals surface area contributed by atoms with Crippen LogP contribution in [0.4, 0.5) is 5.69 Å². The number of aryl methyl sites for hydroxylation is 1. The van der Waals surface area contributed by atoms with Crippen LogP contribution in [-0.2, 0) is 26.0 Å². The minimum atomic E-state index is -3.83. The lowest BCUT2D eigenvalue weighted by Gasteiger charge is -2.32. The molecule has 9 heteroatoms. The van der Waals surface area contributed by atoms with Gasteiger partial charge in [0.25, 0.3) is 5.91 Å². The van der Waals surface area contributed by atoms with Crippen molar-refractivity contribution in [2.75, 3.05) is 25.0 Å². The van der Waals surface area contributed by atoms with Gasteiger partial charge in [0, 0.05) is 25.7 Å². The molecule has 182 valence electrons. The number of fused-ring (bicyclic) bond motifs is 1. The molecule has 4 rings (SSSR count). The lowest BCUT2D eigenvalue weighted by atomic mass is 9.99. The van der Waals surface area contributed by atoms with E-state index in [1.807, 2.05) is 37.3 Å². The number of ether oxygens (including phenoxy) is 1. The Morgan fingerprint density at radius 3 is 2.74 bits per heavy atom. The Bertz CT molecular complexity index is 1170. The summed E-state index contributed by atoms with van der Waals surface area (Å²) in [5.74, 6) is -0.392. The predicted octanol–water partition coefficient (Wildman–Crippen LogP) is 2.86. The van der Waals surface area contributed by atoms with E-state index in [0.717, 1.165) is 12.0 Å². The van der Waals surface area contributed by atoms with E-state index >= 15 is 0 Å². The van der Waals surface area contributed by atoms with Crippen molar-refractivity contribution >= 4 is 27.5 Å². The molecular weight excluding hydrogens is 454 g/mol. The third-order valence-electron chi connectivity index (χ3n) is 6.40. The van der Waals surface area contributed by atoms with Crippen molar-refractivity contribution in [1.29, 1.82) is 0 Å². The first-order chi connectivity index (χ1) is 16.3. The Balaban J connectivity index is 1.45. The van der Waals surface area contributed by atoms with Gasteiger partial charge in [-0.25, -0.2) is 8.42 Å². The van der Waals surface area contributed by atoms with Crippen LogP contribution < -0.4 is 15.4 Å². The smallest absolute Gasteiger partial charge is 0.265 e. The minimum absolute atomic E-state index is 0.116. The van der Waals surface area contributed by atoms with Crippen LogP contribution in [0.5, 0.6) is 5.75 Å². The van der Waals surface area contributed by atoms with E-state index in [4.69, 9.17) is 4.74 Å². The molecule has 2 heterocycles. The molecule has 0 radical (unpaired) electrons. The van der Waals surface area contributed by atoms with Gasteiger partial charge < -0.3 is 15.4 Å². The van der Waals surface area contributed by atoms with Gasteiger partial charge in [-0.05, 0) is 49.8 Å². The normalized spacial score (nSPS) is 20.7. The van der Waals surface area contributed by atoms with E-state index in [-0.39, 0.29) is 23.3 Å². The van der Waals surface area contributed by atoms with Crippen molar-refractivity contribution in [1.82, 2.24) is 9.62 Å². The fourth-order valence-corrected chi connectivity index (χ4v) is 6.21. The van der Waals surface area contributed by atoms with Crippen molar-refractivity contribution in [3.05, 3.63) is 53.6 Å². The van der Waals surface area contributed by atoms with Crippen molar-refractivity contribution in [2.24, 2.45) is 5.92 Å². The van der Waals surface area contributed by atoms with Gasteiger partial charge in [-0.2, -0.15) is 4.31 Å². The number of hydrogen-bond acceptors (Lipinski definition) is 5. The molecule has 0 aliphatic carbocycles. The Morgan fingerprint density at radius 1 is 1.24 bits per heavy atom. The number of sulfonamides is 1. The molecule has 1 fully saturated rings. The van der Waals surface area contributed by atoms with Gasteiger partial charge in [-0.15, -0.1) is 0 Å². The number of benzene rings is 2. The van der Waals surface area contributed by atoms with Crippen molar-refractivity contribution in [2.45, 2.75) is 50.5 Å². The molecule has 2 amide bonds. The van der Waals surface area contributed by atoms with Gasteiger partial charge in [0.1, 0.15) is 5.75 Å². The molecule has 1 saturated heterocycles. The van der Waals surface area contributed by atoms with Crippen LogP contribution >= 0.6 is 0 Å². The Kier molecular flexibility index (Phi) is 7.23. The zero-order valence-corrected chi connectivity index (χ0v) is 20.4. The number of amides is 2. The van der Waals surface area contributed by atoms with Crippen LogP contribution in [0.3, 0.4) is 0 Å². The van der Waals surface area contributed by atoms with Gasteiger partial charge in [-0.3, -0.25) is 9.59 Å². The van der Waals surface area contributed by atoms with Crippen LogP contribution in [-0.4, -0.2) is 50.3 Å². The van der Waals surface area contributed by atoms with E-state index in [1.165, 1.54) is 10.4 Å². The summed E-state index contributed by atoms with van der Waals surface area (Å²) < 4.78 is 34.2. The summed E-state index contributed by atoms with van der Waals surface area (Å²) in [5.41, 5.74) is 2.13. The highest BCUT2D eigenvalue weighted by Crippen LogP contribution is 2.36. The molecule has 2 N–H and O–H groups in total. The monoisotopic (exact) mass is 485 g/mol. The van der Waals surface area contributed by atoms with Crippen molar-refractivity contribution in [3.8, 4) is 5.75 Å². The number of hydrogen-bond donors (Lipinski definition) is 2. The average Bonchev–Trinajstić information content (AvgIpc) is 2.84. The minimum Gasteiger partial charge on any atom is -0.478 e. The first-order valence-corrected chi connectivity index (χ1v) is 13.2. The molecule has 8 nitrogen and oxygen atoms in total. The Labute approximate surface area is 200 Å². The summed E-state index contributed by atoms with van der Waals surface area (Å²) >= 11 is 0. The zero-order chi connectivity index (χ0) is 24.3. The maximum absolute atomic E-state index is 13.5. The second-order valence-corrected chi connectivity index (χ2v) is 10.8. The number of carbonyl (C=O) groups excluding carboxylic acids is 2. The SMILES string of the molecule is CC[C@H]1Oc2cc(S(=O)(=O)N3CCC[C@H](C(=O)NCCc4ccccc4)C3)c(C)cc2NC1=O. The van der Waals surface area contributed by atoms with E-state index in [0.29, 0.717) is 49.4 Å². The molecular formula is C25H31N3O5S. The predicted molar refractivity (Wildman–Crippen MR) is 129 cm³/mol. The van der Waals surface area contributed by atoms with Crippen LogP contribution in [0.2, 0.25) is 0 Å². The van der Waals surface area contributed by atoms with Crippen LogP contribution in [0.25, 0.3) is 0 Å². The van der Waals surface area contributed by atoms with E-state index in [1.54, 1.807) is 13.0 Å². The molecule has 2 aliphatic rings. The number of carbonyl (C=O) groups is 2. The molecule has 2 atom stereocenters. The Morgan fingerprint density at radius 2 is 2.00 bits per heavy atom. The van der Waals surface area contributed by atoms with Crippen molar-refractivity contribution in [3.63, 3.8) is 0 Å². The van der Waals surface area contributed by atoms with Gasteiger partial charge >= 0.3 is 0 Å². The summed E-state index contributed by atoms with van der Waals surface area (Å²) in [4.78, 5) is 25.0. The highest BCUT2D eigenvalue weighted by molar-refractivity contribution is 7.89. The molecule has 0 spiro atoms. The average molecular weight is 486 g/mol. The second kappa shape index (κ2) is 10.1. The standard InChI is InChI=1S/C25H31N3O5S/c1-3-21-25(30)27-20-14-17(2)23(15-22(20)33-21)34(31,32)28-13-7-10-19(16-28)24(29)26-12-11-18-8-5-4-6-9-18/h4-6,8-9,14-15,19,21H,3,7,10-13,16H2,1-2H3,(H,26,29)(H,27,30)/t19-,21+/m0/s1. The first kappa shape index (κ1) is 24.2. The maximum atomic E-state index is 13.5. The summed E-state index contributed by atoms with van der Waals surface area (Å²) in [6.45, 7) is 4.55. The summed E-state index contributed by atoms with van der Waals surface area (Å²) in [5, 5.41) is 5.75. The van der Waals surface area contributed by atoms with Crippen LogP contribution in [0.15, 0.2) is 47.4 Å². The number of nitrogens with one attached hydrogen (secondary N) is 2. The highest BCUT2D eigenvalue weighted by Gasteiger charge is 2.35. The summed E-state index contributed by atoms with van der Waals surface area (Å²) in [7, 11) is -3.83. The van der Waals surface area contributed by atoms with E-state index in [2.05, 4.69) is 10.6 Å². The van der Waals surface area contributed by atoms with E-state index in [9.17, 15) is 18.0 Å². The van der Waals surface area contributed by atoms with Gasteiger partial charge in [0.15, 0.2) is 6.10 Å².